The largest absolute Gasteiger partial charge is 0.383 e. The zero-order valence-electron chi connectivity index (χ0n) is 9.53. The SMILES string of the molecule is COCCN(c1ccnc(CCl)c1)C1CC1. The monoisotopic (exact) mass is 240 g/mol. The molecule has 16 heavy (non-hydrogen) atoms. The molecule has 0 unspecified atom stereocenters. The fraction of sp³-hybridized carbons (Fsp3) is 0.583. The first-order chi connectivity index (χ1) is 7.85. The van der Waals surface area contributed by atoms with Crippen molar-refractivity contribution in [2.24, 2.45) is 0 Å². The van der Waals surface area contributed by atoms with Gasteiger partial charge in [0, 0.05) is 31.6 Å². The number of halogens is 1. The number of pyridine rings is 1. The maximum Gasteiger partial charge on any atom is 0.0648 e. The van der Waals surface area contributed by atoms with Crippen molar-refractivity contribution < 1.29 is 4.74 Å². The molecule has 2 rings (SSSR count). The molecule has 0 aliphatic heterocycles. The molecule has 1 aromatic heterocycles. The Bertz CT molecular complexity index is 342. The van der Waals surface area contributed by atoms with Gasteiger partial charge in [0.1, 0.15) is 0 Å². The van der Waals surface area contributed by atoms with Crippen LogP contribution in [0, 0.1) is 0 Å². The molecule has 0 spiro atoms. The molecule has 3 nitrogen and oxygen atoms in total. The van der Waals surface area contributed by atoms with Crippen LogP contribution >= 0.6 is 11.6 Å². The fourth-order valence-electron chi connectivity index (χ4n) is 1.82. The predicted octanol–water partition coefficient (Wildman–Crippen LogP) is 2.44. The summed E-state index contributed by atoms with van der Waals surface area (Å²) in [6, 6.07) is 4.80. The zero-order valence-corrected chi connectivity index (χ0v) is 10.3. The number of hydrogen-bond acceptors (Lipinski definition) is 3. The molecular formula is C12H17ClN2O. The number of rotatable bonds is 6. The summed E-state index contributed by atoms with van der Waals surface area (Å²) < 4.78 is 5.14. The smallest absolute Gasteiger partial charge is 0.0648 e. The van der Waals surface area contributed by atoms with E-state index in [0.29, 0.717) is 11.9 Å². The van der Waals surface area contributed by atoms with E-state index in [-0.39, 0.29) is 0 Å². The Balaban J connectivity index is 2.10. The van der Waals surface area contributed by atoms with Crippen LogP contribution in [0.5, 0.6) is 0 Å². The minimum atomic E-state index is 0.469. The molecule has 1 saturated carbocycles. The predicted molar refractivity (Wildman–Crippen MR) is 66.0 cm³/mol. The highest BCUT2D eigenvalue weighted by molar-refractivity contribution is 6.16. The van der Waals surface area contributed by atoms with Crippen LogP contribution in [-0.2, 0) is 10.6 Å². The van der Waals surface area contributed by atoms with E-state index in [0.717, 1.165) is 18.8 Å². The third kappa shape index (κ3) is 2.86. The summed E-state index contributed by atoms with van der Waals surface area (Å²) >= 11 is 5.80. The summed E-state index contributed by atoms with van der Waals surface area (Å²) in [6.45, 7) is 1.70. The van der Waals surface area contributed by atoms with Gasteiger partial charge in [-0.3, -0.25) is 4.98 Å². The van der Waals surface area contributed by atoms with Crippen molar-refractivity contribution in [1.82, 2.24) is 4.98 Å². The molecule has 1 fully saturated rings. The van der Waals surface area contributed by atoms with E-state index in [2.05, 4.69) is 16.0 Å². The van der Waals surface area contributed by atoms with Crippen molar-refractivity contribution in [1.29, 1.82) is 0 Å². The third-order valence-corrected chi connectivity index (χ3v) is 3.07. The Kier molecular flexibility index (Phi) is 4.02. The molecule has 0 N–H and O–H groups in total. The summed E-state index contributed by atoms with van der Waals surface area (Å²) in [6.07, 6.45) is 4.39. The van der Waals surface area contributed by atoms with E-state index in [9.17, 15) is 0 Å². The number of methoxy groups -OCH3 is 1. The summed E-state index contributed by atoms with van der Waals surface area (Å²) in [4.78, 5) is 6.60. The van der Waals surface area contributed by atoms with Gasteiger partial charge in [0.2, 0.25) is 0 Å². The Morgan fingerprint density at radius 2 is 2.38 bits per heavy atom. The molecule has 4 heteroatoms. The first-order valence-electron chi connectivity index (χ1n) is 5.61. The van der Waals surface area contributed by atoms with Crippen LogP contribution in [0.25, 0.3) is 0 Å². The Hall–Kier alpha value is -0.800. The molecule has 0 amide bonds. The highest BCUT2D eigenvalue weighted by Crippen LogP contribution is 2.31. The van der Waals surface area contributed by atoms with Crippen molar-refractivity contribution >= 4 is 17.3 Å². The summed E-state index contributed by atoms with van der Waals surface area (Å²) in [7, 11) is 1.74. The van der Waals surface area contributed by atoms with Gasteiger partial charge < -0.3 is 9.64 Å². The minimum absolute atomic E-state index is 0.469. The number of aromatic nitrogens is 1. The molecule has 0 bridgehead atoms. The minimum Gasteiger partial charge on any atom is -0.383 e. The van der Waals surface area contributed by atoms with E-state index in [1.807, 2.05) is 12.3 Å². The molecule has 0 atom stereocenters. The summed E-state index contributed by atoms with van der Waals surface area (Å²) in [5.41, 5.74) is 2.15. The van der Waals surface area contributed by atoms with E-state index >= 15 is 0 Å². The molecule has 1 aliphatic carbocycles. The first-order valence-corrected chi connectivity index (χ1v) is 6.15. The van der Waals surface area contributed by atoms with Gasteiger partial charge in [0.15, 0.2) is 0 Å². The van der Waals surface area contributed by atoms with Crippen LogP contribution in [-0.4, -0.2) is 31.3 Å². The normalized spacial score (nSPS) is 15.1. The van der Waals surface area contributed by atoms with E-state index in [4.69, 9.17) is 16.3 Å². The average Bonchev–Trinajstić information content (AvgIpc) is 3.14. The van der Waals surface area contributed by atoms with Gasteiger partial charge >= 0.3 is 0 Å². The van der Waals surface area contributed by atoms with Crippen LogP contribution in [0.15, 0.2) is 18.3 Å². The summed E-state index contributed by atoms with van der Waals surface area (Å²) in [5, 5.41) is 0. The van der Waals surface area contributed by atoms with Crippen LogP contribution in [0.3, 0.4) is 0 Å². The Labute approximate surface area is 101 Å². The molecule has 1 aromatic rings. The number of ether oxygens (including phenoxy) is 1. The lowest BCUT2D eigenvalue weighted by Crippen LogP contribution is -2.29. The second-order valence-electron chi connectivity index (χ2n) is 4.06. The number of hydrogen-bond donors (Lipinski definition) is 0. The van der Waals surface area contributed by atoms with Crippen LogP contribution < -0.4 is 4.90 Å². The maximum absolute atomic E-state index is 5.80. The van der Waals surface area contributed by atoms with E-state index in [1.165, 1.54) is 18.5 Å². The Morgan fingerprint density at radius 3 is 3.00 bits per heavy atom. The number of nitrogens with zero attached hydrogens (tertiary/aromatic N) is 2. The molecule has 0 saturated heterocycles. The van der Waals surface area contributed by atoms with Gasteiger partial charge in [-0.2, -0.15) is 0 Å². The molecule has 88 valence electrons. The van der Waals surface area contributed by atoms with Crippen LogP contribution in [0.2, 0.25) is 0 Å². The lowest BCUT2D eigenvalue weighted by molar-refractivity contribution is 0.205. The van der Waals surface area contributed by atoms with Gasteiger partial charge in [-0.1, -0.05) is 0 Å². The van der Waals surface area contributed by atoms with Gasteiger partial charge in [-0.05, 0) is 25.0 Å². The van der Waals surface area contributed by atoms with Gasteiger partial charge in [0.05, 0.1) is 18.2 Å². The van der Waals surface area contributed by atoms with Crippen LogP contribution in [0.4, 0.5) is 5.69 Å². The van der Waals surface area contributed by atoms with Crippen molar-refractivity contribution in [2.75, 3.05) is 25.2 Å². The second-order valence-corrected chi connectivity index (χ2v) is 4.32. The van der Waals surface area contributed by atoms with Gasteiger partial charge in [-0.25, -0.2) is 0 Å². The Morgan fingerprint density at radius 1 is 1.56 bits per heavy atom. The van der Waals surface area contributed by atoms with Crippen molar-refractivity contribution in [3.8, 4) is 0 Å². The molecule has 0 radical (unpaired) electrons. The highest BCUT2D eigenvalue weighted by Gasteiger charge is 2.29. The molecule has 1 aliphatic rings. The lowest BCUT2D eigenvalue weighted by atomic mass is 10.3. The van der Waals surface area contributed by atoms with Crippen molar-refractivity contribution in [2.45, 2.75) is 24.8 Å². The van der Waals surface area contributed by atoms with E-state index < -0.39 is 0 Å². The topological polar surface area (TPSA) is 25.4 Å². The van der Waals surface area contributed by atoms with Crippen molar-refractivity contribution in [3.63, 3.8) is 0 Å². The fourth-order valence-corrected chi connectivity index (χ4v) is 1.96. The van der Waals surface area contributed by atoms with Crippen LogP contribution in [0.1, 0.15) is 18.5 Å². The molecule has 0 aromatic carbocycles. The molecule has 1 heterocycles. The average molecular weight is 241 g/mol. The highest BCUT2D eigenvalue weighted by atomic mass is 35.5. The second kappa shape index (κ2) is 5.51. The zero-order chi connectivity index (χ0) is 11.4. The maximum atomic E-state index is 5.80. The van der Waals surface area contributed by atoms with E-state index in [1.54, 1.807) is 7.11 Å². The van der Waals surface area contributed by atoms with Gasteiger partial charge in [0.25, 0.3) is 0 Å². The third-order valence-electron chi connectivity index (χ3n) is 2.79. The first kappa shape index (κ1) is 11.7. The standard InChI is InChI=1S/C12H17ClN2O/c1-16-7-6-15(11-2-3-11)12-4-5-14-10(8-12)9-13/h4-5,8,11H,2-3,6-7,9H2,1H3. The van der Waals surface area contributed by atoms with Crippen molar-refractivity contribution in [3.05, 3.63) is 24.0 Å². The lowest BCUT2D eigenvalue weighted by Gasteiger charge is -2.24. The molecular weight excluding hydrogens is 224 g/mol. The number of anilines is 1. The summed E-state index contributed by atoms with van der Waals surface area (Å²) in [5.74, 6) is 0.469. The van der Waals surface area contributed by atoms with Gasteiger partial charge in [-0.15, -0.1) is 11.6 Å². The quantitative estimate of drug-likeness (QED) is 0.715. The number of alkyl halides is 1.